The highest BCUT2D eigenvalue weighted by Crippen LogP contribution is 2.38. The first-order chi connectivity index (χ1) is 14.9. The number of hydrogen-bond donors (Lipinski definition) is 4. The zero-order valence-corrected chi connectivity index (χ0v) is 17.6. The number of primary amides is 1. The molecule has 154 valence electrons. The second-order valence-electron chi connectivity index (χ2n) is 7.15. The summed E-state index contributed by atoms with van der Waals surface area (Å²) in [5.41, 5.74) is 9.71. The number of quaternary nitrogens is 1. The number of rotatable bonds is 5. The van der Waals surface area contributed by atoms with Gasteiger partial charge in [0.15, 0.2) is 0 Å². The van der Waals surface area contributed by atoms with Crippen LogP contribution in [0.4, 0.5) is 17.1 Å². The fourth-order valence-corrected chi connectivity index (χ4v) is 4.48. The molecule has 0 saturated heterocycles. The second-order valence-corrected chi connectivity index (χ2v) is 8.24. The van der Waals surface area contributed by atoms with Crippen LogP contribution in [0.1, 0.15) is 22.8 Å². The van der Waals surface area contributed by atoms with E-state index in [1.807, 2.05) is 30.3 Å². The fraction of sp³-hybridized carbons (Fsp3) is 0.0417. The second kappa shape index (κ2) is 8.51. The largest absolute Gasteiger partial charge is 0.398 e. The van der Waals surface area contributed by atoms with Crippen molar-refractivity contribution >= 4 is 56.5 Å². The molecule has 0 bridgehead atoms. The Kier molecular flexibility index (Phi) is 5.62. The average molecular weight is 430 g/mol. The van der Waals surface area contributed by atoms with Crippen molar-refractivity contribution in [3.63, 3.8) is 0 Å². The van der Waals surface area contributed by atoms with Gasteiger partial charge < -0.3 is 16.5 Å². The number of carbonyl (C=O) groups is 2. The van der Waals surface area contributed by atoms with Crippen LogP contribution in [-0.4, -0.2) is 18.0 Å². The zero-order chi connectivity index (χ0) is 22.0. The summed E-state index contributed by atoms with van der Waals surface area (Å²) in [7, 11) is 0. The summed E-state index contributed by atoms with van der Waals surface area (Å²) in [6.45, 7) is 1.48. The molecule has 0 atom stereocenters. The number of thiophene rings is 1. The molecule has 0 saturated carbocycles. The number of amides is 2. The Balaban J connectivity index is 1.70. The summed E-state index contributed by atoms with van der Waals surface area (Å²) in [6.07, 6.45) is 1.16. The van der Waals surface area contributed by atoms with E-state index in [-0.39, 0.29) is 11.8 Å². The molecule has 0 spiro atoms. The van der Waals surface area contributed by atoms with Crippen LogP contribution in [-0.2, 0) is 4.79 Å². The molecule has 0 aliphatic heterocycles. The van der Waals surface area contributed by atoms with E-state index < -0.39 is 0 Å². The van der Waals surface area contributed by atoms with Crippen molar-refractivity contribution in [2.45, 2.75) is 6.92 Å². The Morgan fingerprint density at radius 1 is 1.06 bits per heavy atom. The average Bonchev–Trinajstić information content (AvgIpc) is 3.17. The summed E-state index contributed by atoms with van der Waals surface area (Å²) in [5.74, 6) is -0.379. The summed E-state index contributed by atoms with van der Waals surface area (Å²) < 4.78 is 1.13. The minimum Gasteiger partial charge on any atom is -0.398 e. The number of hydrogen-bond acceptors (Lipinski definition) is 5. The van der Waals surface area contributed by atoms with E-state index in [1.165, 1.54) is 12.2 Å². The molecule has 6 N–H and O–H groups in total. The zero-order valence-electron chi connectivity index (χ0n) is 16.8. The molecule has 2 amide bonds. The van der Waals surface area contributed by atoms with E-state index in [2.05, 4.69) is 5.32 Å². The third-order valence-corrected chi connectivity index (χ3v) is 5.98. The van der Waals surface area contributed by atoms with Crippen molar-refractivity contribution in [1.29, 1.82) is 5.41 Å². The van der Waals surface area contributed by atoms with Crippen LogP contribution in [0.5, 0.6) is 0 Å². The molecule has 0 aliphatic rings. The van der Waals surface area contributed by atoms with Crippen molar-refractivity contribution < 1.29 is 14.9 Å². The molecule has 0 aliphatic carbocycles. The van der Waals surface area contributed by atoms with Crippen LogP contribution in [0.15, 0.2) is 66.7 Å². The first kappa shape index (κ1) is 20.5. The number of carbonyl (C=O) groups excluding carboxylic acids is 2. The van der Waals surface area contributed by atoms with Crippen molar-refractivity contribution in [1.82, 2.24) is 0 Å². The van der Waals surface area contributed by atoms with Crippen molar-refractivity contribution in [3.8, 4) is 10.4 Å². The smallest absolute Gasteiger partial charge is 0.312 e. The highest BCUT2D eigenvalue weighted by Gasteiger charge is 2.16. The molecule has 0 unspecified atom stereocenters. The first-order valence-electron chi connectivity index (χ1n) is 9.64. The van der Waals surface area contributed by atoms with E-state index in [0.717, 1.165) is 26.7 Å². The predicted molar refractivity (Wildman–Crippen MR) is 126 cm³/mol. The third kappa shape index (κ3) is 4.37. The molecule has 3 aromatic carbocycles. The number of anilines is 2. The summed E-state index contributed by atoms with van der Waals surface area (Å²) in [5, 5.41) is 13.2. The van der Waals surface area contributed by atoms with E-state index in [9.17, 15) is 9.59 Å². The monoisotopic (exact) mass is 429 g/mol. The van der Waals surface area contributed by atoms with Gasteiger partial charge in [0.2, 0.25) is 0 Å². The standard InChI is InChI=1S/C24H20N4O2S/c1-14(29)27-18-6-4-7-19(12-18)28-24(30)16-9-17(13-25)23(26)20(10-16)22-11-15-5-2-3-8-21(15)31-22/h2-13,25H,26H2,1H3,(H,27,29)(H,28,30)/p+1. The lowest BCUT2D eigenvalue weighted by Gasteiger charge is -2.11. The van der Waals surface area contributed by atoms with Crippen molar-refractivity contribution in [2.75, 3.05) is 11.1 Å². The van der Waals surface area contributed by atoms with Gasteiger partial charge in [-0.25, -0.2) is 4.79 Å². The lowest BCUT2D eigenvalue weighted by atomic mass is 10.0. The highest BCUT2D eigenvalue weighted by molar-refractivity contribution is 7.22. The summed E-state index contributed by atoms with van der Waals surface area (Å²) in [6, 6.07) is 20.5. The maximum absolute atomic E-state index is 13.0. The third-order valence-electron chi connectivity index (χ3n) is 4.84. The molecule has 0 fully saturated rings. The highest BCUT2D eigenvalue weighted by atomic mass is 32.1. The molecule has 7 heteroatoms. The van der Waals surface area contributed by atoms with Gasteiger partial charge in [0.1, 0.15) is 5.69 Å². The van der Waals surface area contributed by atoms with Gasteiger partial charge in [0, 0.05) is 49.9 Å². The topological polar surface area (TPSA) is 113 Å². The van der Waals surface area contributed by atoms with Gasteiger partial charge in [-0.1, -0.05) is 24.3 Å². The lowest BCUT2D eigenvalue weighted by Crippen LogP contribution is -2.81. The van der Waals surface area contributed by atoms with Gasteiger partial charge in [-0.2, -0.15) is 0 Å². The maximum atomic E-state index is 13.0. The van der Waals surface area contributed by atoms with Crippen LogP contribution in [0.2, 0.25) is 0 Å². The SMILES string of the molecule is CC(=O)[NH2+]c1cccc(NC(=O)c2cc(C=N)c(N)c(-c3cc4ccccc4s3)c2)c1. The van der Waals surface area contributed by atoms with Gasteiger partial charge >= 0.3 is 5.91 Å². The van der Waals surface area contributed by atoms with Crippen molar-refractivity contribution in [2.24, 2.45) is 0 Å². The summed E-state index contributed by atoms with van der Waals surface area (Å²) >= 11 is 1.59. The van der Waals surface area contributed by atoms with Gasteiger partial charge in [0.25, 0.3) is 5.91 Å². The fourth-order valence-electron chi connectivity index (χ4n) is 3.39. The van der Waals surface area contributed by atoms with E-state index >= 15 is 0 Å². The molecule has 4 aromatic rings. The lowest BCUT2D eigenvalue weighted by molar-refractivity contribution is -0.481. The van der Waals surface area contributed by atoms with Gasteiger partial charge in [-0.3, -0.25) is 10.1 Å². The number of nitrogens with two attached hydrogens (primary N) is 2. The molecular formula is C24H21N4O2S+. The number of nitrogen functional groups attached to an aromatic ring is 1. The normalized spacial score (nSPS) is 10.7. The molecule has 6 nitrogen and oxygen atoms in total. The Morgan fingerprint density at radius 2 is 1.87 bits per heavy atom. The van der Waals surface area contributed by atoms with Gasteiger partial charge in [-0.15, -0.1) is 11.3 Å². The van der Waals surface area contributed by atoms with Crippen LogP contribution >= 0.6 is 11.3 Å². The molecule has 0 radical (unpaired) electrons. The van der Waals surface area contributed by atoms with Crippen LogP contribution in [0.3, 0.4) is 0 Å². The van der Waals surface area contributed by atoms with E-state index in [4.69, 9.17) is 11.1 Å². The first-order valence-corrected chi connectivity index (χ1v) is 10.5. The molecular weight excluding hydrogens is 408 g/mol. The quantitative estimate of drug-likeness (QED) is 0.282. The Hall–Kier alpha value is -3.81. The number of nitrogens with one attached hydrogen (secondary N) is 2. The molecule has 4 rings (SSSR count). The van der Waals surface area contributed by atoms with E-state index in [1.54, 1.807) is 47.7 Å². The van der Waals surface area contributed by atoms with Gasteiger partial charge in [-0.05, 0) is 41.8 Å². The predicted octanol–water partition coefficient (Wildman–Crippen LogP) is 4.14. The Labute approximate surface area is 183 Å². The minimum atomic E-state index is -0.314. The molecule has 31 heavy (non-hydrogen) atoms. The van der Waals surface area contributed by atoms with E-state index in [0.29, 0.717) is 28.2 Å². The van der Waals surface area contributed by atoms with Crippen molar-refractivity contribution in [3.05, 3.63) is 77.9 Å². The maximum Gasteiger partial charge on any atom is 0.312 e. The Morgan fingerprint density at radius 3 is 2.61 bits per heavy atom. The van der Waals surface area contributed by atoms with Crippen LogP contribution in [0.25, 0.3) is 20.5 Å². The minimum absolute atomic E-state index is 0.0642. The molecule has 1 heterocycles. The number of fused-ring (bicyclic) bond motifs is 1. The summed E-state index contributed by atoms with van der Waals surface area (Å²) in [4.78, 5) is 25.3. The molecule has 1 aromatic heterocycles. The number of benzene rings is 3. The van der Waals surface area contributed by atoms with Gasteiger partial charge in [0.05, 0.1) is 6.92 Å². The Bertz CT molecular complexity index is 1290. The van der Waals surface area contributed by atoms with Crippen LogP contribution < -0.4 is 16.4 Å². The van der Waals surface area contributed by atoms with Crippen LogP contribution in [0, 0.1) is 5.41 Å².